The van der Waals surface area contributed by atoms with Crippen LogP contribution in [-0.4, -0.2) is 27.0 Å². The Morgan fingerprint density at radius 2 is 2.29 bits per heavy atom. The molecule has 1 atom stereocenters. The van der Waals surface area contributed by atoms with Crippen LogP contribution in [0.1, 0.15) is 30.8 Å². The second-order valence-electron chi connectivity index (χ2n) is 3.58. The van der Waals surface area contributed by atoms with E-state index in [1.165, 1.54) is 0 Å². The molecule has 7 nitrogen and oxygen atoms in total. The molecule has 0 bridgehead atoms. The lowest BCUT2D eigenvalue weighted by Gasteiger charge is -2.12. The fourth-order valence-corrected chi connectivity index (χ4v) is 1.16. The highest BCUT2D eigenvalue weighted by atomic mass is 16.6. The lowest BCUT2D eigenvalue weighted by molar-refractivity contribution is -0.384. The number of rotatable bonds is 5. The molecule has 0 aromatic carbocycles. The number of aromatic carboxylic acids is 1. The van der Waals surface area contributed by atoms with Gasteiger partial charge in [-0.2, -0.15) is 0 Å². The standard InChI is InChI=1S/C10H13N3O4/c1-3-6(2)11-9-8(13(16)17)5-4-7(12-9)10(14)15/h4-6H,3H2,1-2H3,(H,11,12)(H,14,15). The summed E-state index contributed by atoms with van der Waals surface area (Å²) in [4.78, 5) is 24.6. The summed E-state index contributed by atoms with van der Waals surface area (Å²) in [6.45, 7) is 3.74. The van der Waals surface area contributed by atoms with Crippen LogP contribution in [0.15, 0.2) is 12.1 Å². The molecule has 0 fully saturated rings. The third kappa shape index (κ3) is 3.13. The van der Waals surface area contributed by atoms with E-state index >= 15 is 0 Å². The second-order valence-corrected chi connectivity index (χ2v) is 3.58. The predicted octanol–water partition coefficient (Wildman–Crippen LogP) is 1.90. The number of nitrogens with one attached hydrogen (secondary N) is 1. The average molecular weight is 239 g/mol. The highest BCUT2D eigenvalue weighted by Gasteiger charge is 2.19. The summed E-state index contributed by atoms with van der Waals surface area (Å²) >= 11 is 0. The van der Waals surface area contributed by atoms with Crippen molar-refractivity contribution in [3.63, 3.8) is 0 Å². The van der Waals surface area contributed by atoms with Gasteiger partial charge in [-0.15, -0.1) is 0 Å². The van der Waals surface area contributed by atoms with Crippen molar-refractivity contribution >= 4 is 17.5 Å². The first-order valence-corrected chi connectivity index (χ1v) is 5.11. The number of nitro groups is 1. The van der Waals surface area contributed by atoms with Crippen LogP contribution in [0.4, 0.5) is 11.5 Å². The van der Waals surface area contributed by atoms with Crippen LogP contribution in [0, 0.1) is 10.1 Å². The average Bonchev–Trinajstić information content (AvgIpc) is 2.28. The molecule has 0 radical (unpaired) electrons. The maximum absolute atomic E-state index is 10.8. The summed E-state index contributed by atoms with van der Waals surface area (Å²) in [5.74, 6) is -1.23. The third-order valence-corrected chi connectivity index (χ3v) is 2.29. The Labute approximate surface area is 97.6 Å². The normalized spacial score (nSPS) is 11.9. The lowest BCUT2D eigenvalue weighted by Crippen LogP contribution is -2.17. The van der Waals surface area contributed by atoms with Crippen molar-refractivity contribution in [3.05, 3.63) is 27.9 Å². The molecule has 1 aromatic heterocycles. The molecule has 0 saturated carbocycles. The molecule has 17 heavy (non-hydrogen) atoms. The van der Waals surface area contributed by atoms with Gasteiger partial charge in [0.2, 0.25) is 5.82 Å². The monoisotopic (exact) mass is 239 g/mol. The summed E-state index contributed by atoms with van der Waals surface area (Å²) in [7, 11) is 0. The number of hydrogen-bond donors (Lipinski definition) is 2. The number of nitrogens with zero attached hydrogens (tertiary/aromatic N) is 2. The van der Waals surface area contributed by atoms with Gasteiger partial charge in [-0.05, 0) is 19.4 Å². The molecule has 0 aliphatic carbocycles. The Bertz CT molecular complexity index is 447. The van der Waals surface area contributed by atoms with E-state index in [-0.39, 0.29) is 23.2 Å². The highest BCUT2D eigenvalue weighted by molar-refractivity contribution is 5.86. The topological polar surface area (TPSA) is 105 Å². The largest absolute Gasteiger partial charge is 0.477 e. The van der Waals surface area contributed by atoms with Crippen LogP contribution < -0.4 is 5.32 Å². The van der Waals surface area contributed by atoms with E-state index in [1.807, 2.05) is 13.8 Å². The smallest absolute Gasteiger partial charge is 0.354 e. The van der Waals surface area contributed by atoms with E-state index in [9.17, 15) is 14.9 Å². The Kier molecular flexibility index (Phi) is 3.97. The van der Waals surface area contributed by atoms with Gasteiger partial charge in [-0.3, -0.25) is 10.1 Å². The van der Waals surface area contributed by atoms with Crippen LogP contribution in [0.3, 0.4) is 0 Å². The van der Waals surface area contributed by atoms with Gasteiger partial charge in [0.1, 0.15) is 0 Å². The number of carboxylic acid groups (broad SMARTS) is 1. The minimum absolute atomic E-state index is 0.00995. The summed E-state index contributed by atoms with van der Waals surface area (Å²) in [5.41, 5.74) is -0.447. The summed E-state index contributed by atoms with van der Waals surface area (Å²) in [6, 6.07) is 2.23. The Morgan fingerprint density at radius 1 is 1.65 bits per heavy atom. The molecule has 0 aliphatic heterocycles. The van der Waals surface area contributed by atoms with Gasteiger partial charge in [-0.25, -0.2) is 9.78 Å². The highest BCUT2D eigenvalue weighted by Crippen LogP contribution is 2.23. The maximum atomic E-state index is 10.8. The van der Waals surface area contributed by atoms with E-state index in [1.54, 1.807) is 0 Å². The van der Waals surface area contributed by atoms with Crippen molar-refractivity contribution in [1.29, 1.82) is 0 Å². The first-order valence-electron chi connectivity index (χ1n) is 5.11. The molecule has 1 aromatic rings. The van der Waals surface area contributed by atoms with Crippen molar-refractivity contribution in [2.45, 2.75) is 26.3 Å². The zero-order valence-corrected chi connectivity index (χ0v) is 9.51. The van der Waals surface area contributed by atoms with Gasteiger partial charge < -0.3 is 10.4 Å². The third-order valence-electron chi connectivity index (χ3n) is 2.29. The maximum Gasteiger partial charge on any atom is 0.354 e. The molecular weight excluding hydrogens is 226 g/mol. The zero-order valence-electron chi connectivity index (χ0n) is 9.51. The van der Waals surface area contributed by atoms with Crippen molar-refractivity contribution in [2.24, 2.45) is 0 Å². The van der Waals surface area contributed by atoms with Gasteiger partial charge >= 0.3 is 11.7 Å². The molecule has 1 unspecified atom stereocenters. The number of carboxylic acids is 1. The van der Waals surface area contributed by atoms with Gasteiger partial charge in [0.15, 0.2) is 5.69 Å². The zero-order chi connectivity index (χ0) is 13.0. The lowest BCUT2D eigenvalue weighted by atomic mass is 10.2. The van der Waals surface area contributed by atoms with Crippen molar-refractivity contribution in [2.75, 3.05) is 5.32 Å². The summed E-state index contributed by atoms with van der Waals surface area (Å²) < 4.78 is 0. The number of pyridine rings is 1. The molecule has 92 valence electrons. The van der Waals surface area contributed by atoms with Crippen LogP contribution in [0.25, 0.3) is 0 Å². The molecule has 0 amide bonds. The SMILES string of the molecule is CCC(C)Nc1nc(C(=O)O)ccc1[N+](=O)[O-]. The summed E-state index contributed by atoms with van der Waals surface area (Å²) in [6.07, 6.45) is 0.746. The second kappa shape index (κ2) is 5.24. The van der Waals surface area contributed by atoms with E-state index < -0.39 is 10.9 Å². The minimum atomic E-state index is -1.22. The first-order chi connectivity index (χ1) is 7.95. The van der Waals surface area contributed by atoms with Gasteiger partial charge in [-0.1, -0.05) is 6.92 Å². The fraction of sp³-hybridized carbons (Fsp3) is 0.400. The molecule has 0 spiro atoms. The van der Waals surface area contributed by atoms with Gasteiger partial charge in [0.05, 0.1) is 4.92 Å². The Balaban J connectivity index is 3.15. The Morgan fingerprint density at radius 3 is 2.76 bits per heavy atom. The number of hydrogen-bond acceptors (Lipinski definition) is 5. The van der Waals surface area contributed by atoms with E-state index in [0.717, 1.165) is 18.6 Å². The van der Waals surface area contributed by atoms with Crippen molar-refractivity contribution in [1.82, 2.24) is 4.98 Å². The molecule has 7 heteroatoms. The quantitative estimate of drug-likeness (QED) is 0.600. The molecule has 0 aliphatic rings. The van der Waals surface area contributed by atoms with Crippen molar-refractivity contribution in [3.8, 4) is 0 Å². The molecule has 2 N–H and O–H groups in total. The minimum Gasteiger partial charge on any atom is -0.477 e. The number of carbonyl (C=O) groups is 1. The molecule has 1 heterocycles. The van der Waals surface area contributed by atoms with Gasteiger partial charge in [0, 0.05) is 12.1 Å². The molecule has 1 rings (SSSR count). The molecular formula is C10H13N3O4. The van der Waals surface area contributed by atoms with Crippen LogP contribution in [0.2, 0.25) is 0 Å². The Hall–Kier alpha value is -2.18. The van der Waals surface area contributed by atoms with Crippen LogP contribution in [-0.2, 0) is 0 Å². The van der Waals surface area contributed by atoms with E-state index in [2.05, 4.69) is 10.3 Å². The molecule has 0 saturated heterocycles. The van der Waals surface area contributed by atoms with E-state index in [0.29, 0.717) is 0 Å². The number of aromatic nitrogens is 1. The van der Waals surface area contributed by atoms with Crippen molar-refractivity contribution < 1.29 is 14.8 Å². The summed E-state index contributed by atoms with van der Waals surface area (Å²) in [5, 5.41) is 22.3. The van der Waals surface area contributed by atoms with Gasteiger partial charge in [0.25, 0.3) is 0 Å². The number of anilines is 1. The van der Waals surface area contributed by atoms with E-state index in [4.69, 9.17) is 5.11 Å². The fourth-order valence-electron chi connectivity index (χ4n) is 1.16. The predicted molar refractivity (Wildman–Crippen MR) is 61.2 cm³/mol. The van der Waals surface area contributed by atoms with Crippen LogP contribution in [0.5, 0.6) is 0 Å². The first kappa shape index (κ1) is 12.9. The van der Waals surface area contributed by atoms with Crippen LogP contribution >= 0.6 is 0 Å².